The molecule has 636 valence electrons. The highest BCUT2D eigenvalue weighted by molar-refractivity contribution is 7.97. The minimum atomic E-state index is -4.05. The smallest absolute Gasteiger partial charge is 0.401 e. The van der Waals surface area contributed by atoms with Crippen molar-refractivity contribution in [2.24, 2.45) is 11.8 Å². The van der Waals surface area contributed by atoms with E-state index in [4.69, 9.17) is 0 Å². The highest BCUT2D eigenvalue weighted by Gasteiger charge is 2.39. The van der Waals surface area contributed by atoms with Crippen LogP contribution in [0.15, 0.2) is 299 Å². The zero-order valence-electron chi connectivity index (χ0n) is 72.5. The lowest BCUT2D eigenvalue weighted by atomic mass is 9.84. The van der Waals surface area contributed by atoms with Crippen molar-refractivity contribution in [1.82, 2.24) is 29.4 Å². The molecule has 0 aromatic heterocycles. The predicted molar refractivity (Wildman–Crippen MR) is 492 cm³/mol. The van der Waals surface area contributed by atoms with Crippen molar-refractivity contribution < 1.29 is 22.9 Å². The van der Waals surface area contributed by atoms with Crippen LogP contribution in [0.2, 0.25) is 0 Å². The summed E-state index contributed by atoms with van der Waals surface area (Å²) >= 11 is 0. The largest absolute Gasteiger partial charge is 0.662 e. The number of halogens is 3. The van der Waals surface area contributed by atoms with Crippen LogP contribution in [0.5, 0.6) is 0 Å². The molecule has 9 aromatic rings. The van der Waals surface area contributed by atoms with Crippen molar-refractivity contribution in [3.05, 3.63) is 287 Å². The lowest BCUT2D eigenvalue weighted by Gasteiger charge is -2.49. The van der Waals surface area contributed by atoms with Crippen LogP contribution in [0.4, 0.5) is 13.2 Å². The first-order valence-electron chi connectivity index (χ1n) is 43.7. The van der Waals surface area contributed by atoms with E-state index in [9.17, 15) is 28.1 Å². The van der Waals surface area contributed by atoms with Crippen LogP contribution in [0.25, 0.3) is 5.32 Å². The molecule has 0 radical (unpaired) electrons. The number of hydrogen-bond acceptors (Lipinski definition) is 8. The van der Waals surface area contributed by atoms with Gasteiger partial charge < -0.3 is 20.0 Å². The molecule has 3 saturated heterocycles. The van der Waals surface area contributed by atoms with E-state index in [1.165, 1.54) is 143 Å². The van der Waals surface area contributed by atoms with Gasteiger partial charge in [-0.05, 0) is 198 Å². The summed E-state index contributed by atoms with van der Waals surface area (Å²) in [5.41, 5.74) is 4.14. The number of aryl methyl sites for hydroxylation is 2. The number of alkyl halides is 3. The van der Waals surface area contributed by atoms with Gasteiger partial charge in [-0.3, -0.25) is 24.7 Å². The van der Waals surface area contributed by atoms with Gasteiger partial charge in [0.25, 0.3) is 6.67 Å². The number of carbonyl (C=O) groups is 1. The molecule has 0 spiro atoms. The summed E-state index contributed by atoms with van der Waals surface area (Å²) in [4.78, 5) is 47.4. The van der Waals surface area contributed by atoms with Gasteiger partial charge in [0.15, 0.2) is 44.1 Å². The molecule has 1 saturated carbocycles. The fourth-order valence-electron chi connectivity index (χ4n) is 15.6. The van der Waals surface area contributed by atoms with Gasteiger partial charge in [0.05, 0.1) is 39.2 Å². The Morgan fingerprint density at radius 2 is 0.746 bits per heavy atom. The summed E-state index contributed by atoms with van der Waals surface area (Å²) in [5, 5.41) is 14.7. The van der Waals surface area contributed by atoms with E-state index in [1.54, 1.807) is 6.92 Å². The number of nitro groups is 1. The van der Waals surface area contributed by atoms with Gasteiger partial charge in [-0.25, -0.2) is 4.90 Å². The second-order valence-corrected chi connectivity index (χ2v) is 38.3. The number of piperazine rings is 3. The monoisotopic (exact) mass is 1660 g/mol. The quantitative estimate of drug-likeness (QED) is 0.0198. The molecular formula is C101H137F3N8O3S3+2. The summed E-state index contributed by atoms with van der Waals surface area (Å²) in [6.07, 6.45) is 12.7. The van der Waals surface area contributed by atoms with E-state index in [0.717, 1.165) is 97.3 Å². The number of unbranched alkanes of at least 4 members (excludes halogenated alkanes) is 5. The summed E-state index contributed by atoms with van der Waals surface area (Å²) in [6.45, 7) is 34.2. The van der Waals surface area contributed by atoms with E-state index in [-0.39, 0.29) is 50.2 Å². The van der Waals surface area contributed by atoms with Crippen LogP contribution in [0, 0.1) is 35.8 Å². The minimum Gasteiger partial charge on any atom is -0.662 e. The van der Waals surface area contributed by atoms with Gasteiger partial charge in [0.1, 0.15) is 0 Å². The van der Waals surface area contributed by atoms with E-state index >= 15 is 0 Å². The molecule has 9 aromatic carbocycles. The van der Waals surface area contributed by atoms with Crippen LogP contribution in [0.3, 0.4) is 0 Å². The second-order valence-electron chi connectivity index (χ2n) is 32.2. The molecule has 0 N–H and O–H groups in total. The molecule has 1 aliphatic carbocycles. The first kappa shape index (κ1) is 95.9. The Labute approximate surface area is 717 Å². The van der Waals surface area contributed by atoms with Crippen molar-refractivity contribution in [2.45, 2.75) is 221 Å². The second kappa shape index (κ2) is 53.3. The fourth-order valence-corrected chi connectivity index (χ4v) is 21.8. The molecule has 11 nitrogen and oxygen atoms in total. The number of rotatable bonds is 29. The third-order valence-corrected chi connectivity index (χ3v) is 28.8. The topological polar surface area (TPSA) is 93.8 Å². The van der Waals surface area contributed by atoms with Gasteiger partial charge >= 0.3 is 6.18 Å². The van der Waals surface area contributed by atoms with Crippen molar-refractivity contribution in [3.8, 4) is 0 Å². The standard InChI is InChI=1S/C24H25S.2C19H17S.C17H34N2O.C12H25N4O2.C10H19F3N2/c1-4-10-20(11-5-1)21-16-18-24(19-17-21)25(22-12-6-2-7-13-22)23-14-8-3-9-15-23;2*1-16-12-14-19(15-13-16)20(17-8-4-2-5-9-17)18-10-6-3-7-11-18;1-7-8-9-10-18-11-16(13(2)3)19(15(6)20)17(12-18)14(4)5;1-2-13-6-4-3-5-7-14-8-10-15(11-9-14)12-16(17)18;1-2-3-4-14-5-7-15(8-6-14)9-10(11,12)13/h2-3,6-9,12-20H,1,4-5,10-11H2;2*2-15H,1H3;13-14,16-17H,7-12H2,1-6H3;2-12H2,1H3;2-9H2,1H3/q3*+1;;-1;. The van der Waals surface area contributed by atoms with E-state index in [2.05, 4.69) is 342 Å². The van der Waals surface area contributed by atoms with Gasteiger partial charge in [0, 0.05) is 89.4 Å². The molecule has 3 heterocycles. The van der Waals surface area contributed by atoms with Crippen molar-refractivity contribution in [2.75, 3.05) is 111 Å². The number of nitrogens with zero attached hydrogens (tertiary/aromatic N) is 8. The number of hydrogen-bond donors (Lipinski definition) is 0. The Bertz CT molecular complexity index is 3860. The maximum Gasteiger partial charge on any atom is 0.401 e. The van der Waals surface area contributed by atoms with E-state index < -0.39 is 12.7 Å². The molecule has 4 fully saturated rings. The summed E-state index contributed by atoms with van der Waals surface area (Å²) in [7, 11) is -0.0736. The van der Waals surface area contributed by atoms with Gasteiger partial charge in [-0.2, -0.15) is 19.7 Å². The Balaban J connectivity index is 0.000000178. The third kappa shape index (κ3) is 33.8. The molecule has 0 bridgehead atoms. The van der Waals surface area contributed by atoms with Crippen LogP contribution >= 0.6 is 0 Å². The molecule has 118 heavy (non-hydrogen) atoms. The molecule has 1 amide bonds. The maximum atomic E-state index is 12.1. The van der Waals surface area contributed by atoms with E-state index in [1.807, 2.05) is 4.90 Å². The van der Waals surface area contributed by atoms with Gasteiger partial charge in [-0.1, -0.05) is 257 Å². The maximum absolute atomic E-state index is 12.1. The summed E-state index contributed by atoms with van der Waals surface area (Å²) < 4.78 is 36.3. The normalized spacial score (nSPS) is 16.5. The van der Waals surface area contributed by atoms with E-state index in [0.29, 0.717) is 37.0 Å². The Hall–Kier alpha value is -7.55. The molecule has 17 heteroatoms. The van der Waals surface area contributed by atoms with Crippen molar-refractivity contribution >= 4 is 38.6 Å². The molecule has 13 rings (SSSR count). The van der Waals surface area contributed by atoms with Crippen LogP contribution in [-0.2, 0) is 37.5 Å². The zero-order valence-corrected chi connectivity index (χ0v) is 75.0. The number of carbonyl (C=O) groups excluding carboxylic acids is 1. The number of amides is 1. The molecule has 4 aliphatic rings. The zero-order chi connectivity index (χ0) is 84.3. The van der Waals surface area contributed by atoms with Gasteiger partial charge in [-0.15, -0.1) is 6.54 Å². The van der Waals surface area contributed by atoms with Crippen molar-refractivity contribution in [3.63, 3.8) is 0 Å². The lowest BCUT2D eigenvalue weighted by molar-refractivity contribution is -0.504. The molecule has 2 atom stereocenters. The van der Waals surface area contributed by atoms with Crippen LogP contribution in [-0.4, -0.2) is 170 Å². The Kier molecular flexibility index (Phi) is 43.3. The summed E-state index contributed by atoms with van der Waals surface area (Å²) in [6, 6.07) is 92.8. The van der Waals surface area contributed by atoms with Crippen molar-refractivity contribution in [1.29, 1.82) is 0 Å². The fraction of sp³-hybridized carbons (Fsp3) is 0.455. The average molecular weight is 1660 g/mol. The highest BCUT2D eigenvalue weighted by atomic mass is 32.2. The number of benzene rings is 9. The van der Waals surface area contributed by atoms with Crippen LogP contribution < -0.4 is 0 Å². The first-order chi connectivity index (χ1) is 57.2. The van der Waals surface area contributed by atoms with Crippen LogP contribution in [0.1, 0.15) is 161 Å². The first-order valence-corrected chi connectivity index (χ1v) is 47.4. The third-order valence-electron chi connectivity index (χ3n) is 22.2. The Morgan fingerprint density at radius 3 is 1.08 bits per heavy atom. The van der Waals surface area contributed by atoms with Gasteiger partial charge in [0.2, 0.25) is 5.91 Å². The predicted octanol–water partition coefficient (Wildman–Crippen LogP) is 23.8. The highest BCUT2D eigenvalue weighted by Crippen LogP contribution is 2.38. The molecular weight excluding hydrogens is 1530 g/mol. The molecule has 2 unspecified atom stereocenters. The average Bonchev–Trinajstić information content (AvgIpc) is 0.815. The molecule has 3 aliphatic heterocycles. The summed E-state index contributed by atoms with van der Waals surface area (Å²) in [5.74, 6) is 2.07. The lowest BCUT2D eigenvalue weighted by Crippen LogP contribution is -2.63. The Morgan fingerprint density at radius 1 is 0.424 bits per heavy atom. The SMILES string of the molecule is CCCCCN1CC(C(C)C)N(C(C)=O)C(C(C)C)C1.CCCCN1CCN(CC(F)(F)F)CC1.CC[N-]CCCCCN1CCN(C[N+](=O)[O-])CC1.Cc1ccc([S+](c2ccccc2)c2ccccc2)cc1.Cc1ccc([S+](c2ccccc2)c2ccccc2)cc1.c1ccc([S+](c2ccccc2)c2ccc(C3CCCCC3)cc2)cc1. The minimum absolute atomic E-state index is 0.00758.